The van der Waals surface area contributed by atoms with E-state index >= 15 is 4.39 Å². The van der Waals surface area contributed by atoms with Crippen LogP contribution in [0.3, 0.4) is 0 Å². The van der Waals surface area contributed by atoms with E-state index < -0.39 is 17.5 Å². The quantitative estimate of drug-likeness (QED) is 0.508. The number of carbonyl (C=O) groups excluding carboxylic acids is 2. The number of amides is 1. The molecule has 0 aliphatic heterocycles. The second-order valence-electron chi connectivity index (χ2n) is 9.83. The number of nitrogen functional groups attached to an aromatic ring is 1. The Morgan fingerprint density at radius 1 is 1.15 bits per heavy atom. The largest absolute Gasteiger partial charge is 0.383 e. The third-order valence-corrected chi connectivity index (χ3v) is 5.18. The molecule has 2 heterocycles. The van der Waals surface area contributed by atoms with Gasteiger partial charge in [-0.3, -0.25) is 9.59 Å². The smallest absolute Gasteiger partial charge is 0.254 e. The lowest BCUT2D eigenvalue weighted by atomic mass is 9.90. The Hall–Kier alpha value is -3.56. The van der Waals surface area contributed by atoms with Crippen molar-refractivity contribution in [2.75, 3.05) is 5.73 Å². The van der Waals surface area contributed by atoms with Crippen LogP contribution in [0, 0.1) is 17.0 Å². The number of primary amides is 1. The summed E-state index contributed by atoms with van der Waals surface area (Å²) in [4.78, 5) is 24.4. The summed E-state index contributed by atoms with van der Waals surface area (Å²) in [7, 11) is 0. The van der Waals surface area contributed by atoms with Crippen molar-refractivity contribution in [3.63, 3.8) is 0 Å². The first-order valence-electron chi connectivity index (χ1n) is 10.9. The van der Waals surface area contributed by atoms with Gasteiger partial charge in [-0.05, 0) is 37.3 Å². The van der Waals surface area contributed by atoms with Gasteiger partial charge >= 0.3 is 0 Å². The Morgan fingerprint density at radius 2 is 1.82 bits per heavy atom. The van der Waals surface area contributed by atoms with Gasteiger partial charge in [0.2, 0.25) is 0 Å². The topological polar surface area (TPSA) is 130 Å². The molecule has 0 aliphatic rings. The van der Waals surface area contributed by atoms with Gasteiger partial charge in [0.15, 0.2) is 11.6 Å². The molecule has 0 radical (unpaired) electrons. The van der Waals surface area contributed by atoms with Crippen molar-refractivity contribution >= 4 is 17.5 Å². The van der Waals surface area contributed by atoms with E-state index in [9.17, 15) is 14.0 Å². The molecule has 0 unspecified atom stereocenters. The number of hydrogen-bond acceptors (Lipinski definition) is 6. The highest BCUT2D eigenvalue weighted by molar-refractivity contribution is 6.03. The molecule has 0 bridgehead atoms. The summed E-state index contributed by atoms with van der Waals surface area (Å²) in [6.45, 7) is 9.71. The van der Waals surface area contributed by atoms with E-state index in [-0.39, 0.29) is 58.3 Å². The third kappa shape index (κ3) is 5.32. The zero-order valence-electron chi connectivity index (χ0n) is 19.9. The number of Topliss-reactive ketones (excluding diaryl/α,β-unsaturated/α-hetero) is 1. The average Bonchev–Trinajstić information content (AvgIpc) is 3.27. The molecule has 3 aromatic rings. The summed E-state index contributed by atoms with van der Waals surface area (Å²) in [6, 6.07) is 4.00. The second kappa shape index (κ2) is 9.36. The fraction of sp³-hybridized carbons (Fsp3) is 0.417. The molecular formula is C24H29F2N5O3. The molecule has 0 aliphatic carbocycles. The SMILES string of the molecule is CC(C)n1nc(-c2ccc(CC(=O)Cc3cc(CC(C)(C)C)no3)c(F)c2F)c(C(N)=O)c1N. The first-order chi connectivity index (χ1) is 15.8. The fourth-order valence-corrected chi connectivity index (χ4v) is 3.72. The molecule has 1 aromatic carbocycles. The number of anilines is 1. The zero-order chi connectivity index (χ0) is 25.4. The number of aromatic nitrogens is 3. The summed E-state index contributed by atoms with van der Waals surface area (Å²) in [5.74, 6) is -3.39. The predicted octanol–water partition coefficient (Wildman–Crippen LogP) is 4.02. The molecule has 0 spiro atoms. The lowest BCUT2D eigenvalue weighted by molar-refractivity contribution is -0.118. The number of benzene rings is 1. The lowest BCUT2D eigenvalue weighted by Gasteiger charge is -2.14. The average molecular weight is 474 g/mol. The monoisotopic (exact) mass is 473 g/mol. The normalized spacial score (nSPS) is 11.9. The van der Waals surface area contributed by atoms with Crippen molar-refractivity contribution in [2.24, 2.45) is 11.1 Å². The van der Waals surface area contributed by atoms with Crippen LogP contribution in [0.2, 0.25) is 0 Å². The Kier molecular flexibility index (Phi) is 6.90. The van der Waals surface area contributed by atoms with Crippen LogP contribution in [0.25, 0.3) is 11.3 Å². The minimum Gasteiger partial charge on any atom is -0.383 e. The first-order valence-corrected chi connectivity index (χ1v) is 10.9. The van der Waals surface area contributed by atoms with Crippen LogP contribution < -0.4 is 11.5 Å². The zero-order valence-corrected chi connectivity index (χ0v) is 19.9. The maximum atomic E-state index is 15.0. The molecule has 0 atom stereocenters. The number of nitrogens with zero attached hydrogens (tertiary/aromatic N) is 3. The van der Waals surface area contributed by atoms with E-state index in [2.05, 4.69) is 31.0 Å². The van der Waals surface area contributed by atoms with Gasteiger partial charge in [0, 0.05) is 24.1 Å². The molecule has 0 saturated heterocycles. The molecule has 0 fully saturated rings. The highest BCUT2D eigenvalue weighted by atomic mass is 19.2. The maximum Gasteiger partial charge on any atom is 0.254 e. The first kappa shape index (κ1) is 25.1. The van der Waals surface area contributed by atoms with Crippen molar-refractivity contribution in [1.82, 2.24) is 14.9 Å². The summed E-state index contributed by atoms with van der Waals surface area (Å²) in [6.07, 6.45) is 0.237. The minimum absolute atomic E-state index is 0.00456. The molecule has 4 N–H and O–H groups in total. The molecule has 34 heavy (non-hydrogen) atoms. The lowest BCUT2D eigenvalue weighted by Crippen LogP contribution is -2.15. The molecule has 1 amide bonds. The van der Waals surface area contributed by atoms with Crippen LogP contribution in [0.4, 0.5) is 14.6 Å². The van der Waals surface area contributed by atoms with Crippen molar-refractivity contribution in [3.8, 4) is 11.3 Å². The molecule has 182 valence electrons. The van der Waals surface area contributed by atoms with Crippen LogP contribution >= 0.6 is 0 Å². The summed E-state index contributed by atoms with van der Waals surface area (Å²) < 4.78 is 36.4. The van der Waals surface area contributed by atoms with Gasteiger partial charge in [-0.25, -0.2) is 13.5 Å². The predicted molar refractivity (Wildman–Crippen MR) is 123 cm³/mol. The fourth-order valence-electron chi connectivity index (χ4n) is 3.72. The Morgan fingerprint density at radius 3 is 2.41 bits per heavy atom. The van der Waals surface area contributed by atoms with Gasteiger partial charge in [0.1, 0.15) is 28.6 Å². The Labute approximate surface area is 196 Å². The number of carbonyl (C=O) groups is 2. The van der Waals surface area contributed by atoms with Gasteiger partial charge in [0.05, 0.1) is 12.1 Å². The Balaban J connectivity index is 1.84. The molecular weight excluding hydrogens is 444 g/mol. The standard InChI is InChI=1S/C24H29F2N5O3/c1-12(2)31-22(27)18(23(28)33)21(29-31)17-7-6-13(19(25)20(17)26)8-15(32)10-16-9-14(30-34-16)11-24(3,4)5/h6-7,9,12H,8,10-11,27H2,1-5H3,(H2,28,33). The van der Waals surface area contributed by atoms with Crippen molar-refractivity contribution in [2.45, 2.75) is 59.9 Å². The van der Waals surface area contributed by atoms with Crippen LogP contribution in [-0.4, -0.2) is 26.6 Å². The van der Waals surface area contributed by atoms with Gasteiger partial charge in [-0.15, -0.1) is 0 Å². The molecule has 10 heteroatoms. The molecule has 8 nitrogen and oxygen atoms in total. The summed E-state index contributed by atoms with van der Waals surface area (Å²) in [5.41, 5.74) is 11.4. The van der Waals surface area contributed by atoms with Gasteiger partial charge < -0.3 is 16.0 Å². The Bertz CT molecular complexity index is 1240. The summed E-state index contributed by atoms with van der Waals surface area (Å²) in [5, 5.41) is 8.14. The van der Waals surface area contributed by atoms with E-state index in [0.29, 0.717) is 12.2 Å². The maximum absolute atomic E-state index is 15.0. The van der Waals surface area contributed by atoms with E-state index in [0.717, 1.165) is 5.69 Å². The van der Waals surface area contributed by atoms with Crippen LogP contribution in [-0.2, 0) is 24.1 Å². The molecule has 3 rings (SSSR count). The van der Waals surface area contributed by atoms with Crippen molar-refractivity contribution in [1.29, 1.82) is 0 Å². The number of nitrogens with two attached hydrogens (primary N) is 2. The van der Waals surface area contributed by atoms with E-state index in [1.807, 2.05) is 0 Å². The van der Waals surface area contributed by atoms with Gasteiger partial charge in [-0.1, -0.05) is 32.0 Å². The van der Waals surface area contributed by atoms with Crippen LogP contribution in [0.5, 0.6) is 0 Å². The van der Waals surface area contributed by atoms with Gasteiger partial charge in [-0.2, -0.15) is 5.10 Å². The van der Waals surface area contributed by atoms with Crippen LogP contribution in [0.1, 0.15) is 68.0 Å². The third-order valence-electron chi connectivity index (χ3n) is 5.18. The number of rotatable bonds is 8. The van der Waals surface area contributed by atoms with E-state index in [1.165, 1.54) is 16.8 Å². The minimum atomic E-state index is -1.24. The van der Waals surface area contributed by atoms with Crippen LogP contribution in [0.15, 0.2) is 22.7 Å². The number of hydrogen-bond donors (Lipinski definition) is 2. The summed E-state index contributed by atoms with van der Waals surface area (Å²) >= 11 is 0. The van der Waals surface area contributed by atoms with E-state index in [1.54, 1.807) is 19.9 Å². The number of ketones is 1. The molecule has 2 aromatic heterocycles. The number of halogens is 2. The second-order valence-corrected chi connectivity index (χ2v) is 9.83. The molecule has 0 saturated carbocycles. The highest BCUT2D eigenvalue weighted by Crippen LogP contribution is 2.32. The van der Waals surface area contributed by atoms with Gasteiger partial charge in [0.25, 0.3) is 5.91 Å². The van der Waals surface area contributed by atoms with Crippen molar-refractivity contribution < 1.29 is 22.9 Å². The highest BCUT2D eigenvalue weighted by Gasteiger charge is 2.27. The van der Waals surface area contributed by atoms with Crippen molar-refractivity contribution in [3.05, 3.63) is 52.4 Å². The van der Waals surface area contributed by atoms with E-state index in [4.69, 9.17) is 16.0 Å².